The van der Waals surface area contributed by atoms with Crippen LogP contribution in [0.15, 0.2) is 30.3 Å². The van der Waals surface area contributed by atoms with Gasteiger partial charge in [0.15, 0.2) is 0 Å². The molecule has 1 aromatic carbocycles. The number of halogens is 1. The molecule has 1 aromatic rings. The first-order valence-corrected chi connectivity index (χ1v) is 6.55. The zero-order valence-corrected chi connectivity index (χ0v) is 11.7. The number of benzene rings is 1. The summed E-state index contributed by atoms with van der Waals surface area (Å²) in [6.07, 6.45) is 2.02. The van der Waals surface area contributed by atoms with Crippen LogP contribution in [-0.4, -0.2) is 24.0 Å². The van der Waals surface area contributed by atoms with Gasteiger partial charge in [-0.25, -0.2) is 0 Å². The molecule has 1 rings (SSSR count). The lowest BCUT2D eigenvalue weighted by molar-refractivity contribution is -0.122. The van der Waals surface area contributed by atoms with Gasteiger partial charge in [0.05, 0.1) is 0 Å². The van der Waals surface area contributed by atoms with Gasteiger partial charge in [-0.3, -0.25) is 4.79 Å². The molecule has 0 saturated carbocycles. The molecule has 0 heterocycles. The van der Waals surface area contributed by atoms with Crippen molar-refractivity contribution in [3.05, 3.63) is 35.9 Å². The van der Waals surface area contributed by atoms with Gasteiger partial charge >= 0.3 is 0 Å². The lowest BCUT2D eigenvalue weighted by Crippen LogP contribution is -2.37. The SMILES string of the molecule is CSC(C)CNC(=O)C(N)c1ccccc1.Cl. The van der Waals surface area contributed by atoms with E-state index in [1.807, 2.05) is 36.6 Å². The van der Waals surface area contributed by atoms with Crippen LogP contribution in [0.4, 0.5) is 0 Å². The van der Waals surface area contributed by atoms with Gasteiger partial charge in [0.25, 0.3) is 0 Å². The van der Waals surface area contributed by atoms with Crippen LogP contribution >= 0.6 is 24.2 Å². The van der Waals surface area contributed by atoms with Gasteiger partial charge < -0.3 is 11.1 Å². The van der Waals surface area contributed by atoms with E-state index in [0.29, 0.717) is 11.8 Å². The van der Waals surface area contributed by atoms with Crippen molar-refractivity contribution in [2.45, 2.75) is 18.2 Å². The number of nitrogens with one attached hydrogen (secondary N) is 1. The Morgan fingerprint density at radius 2 is 2.00 bits per heavy atom. The van der Waals surface area contributed by atoms with Crippen LogP contribution in [0.2, 0.25) is 0 Å². The highest BCUT2D eigenvalue weighted by atomic mass is 35.5. The van der Waals surface area contributed by atoms with Crippen LogP contribution in [0.5, 0.6) is 0 Å². The lowest BCUT2D eigenvalue weighted by atomic mass is 10.1. The quantitative estimate of drug-likeness (QED) is 0.863. The fraction of sp³-hybridized carbons (Fsp3) is 0.417. The molecule has 0 bridgehead atoms. The van der Waals surface area contributed by atoms with Gasteiger partial charge in [-0.15, -0.1) is 12.4 Å². The maximum Gasteiger partial charge on any atom is 0.241 e. The van der Waals surface area contributed by atoms with Crippen LogP contribution in [0.3, 0.4) is 0 Å². The molecule has 2 atom stereocenters. The predicted octanol–water partition coefficient (Wildman–Crippen LogP) is 1.98. The number of amides is 1. The van der Waals surface area contributed by atoms with Crippen LogP contribution in [0.1, 0.15) is 18.5 Å². The summed E-state index contributed by atoms with van der Waals surface area (Å²) in [5, 5.41) is 3.26. The highest BCUT2D eigenvalue weighted by Gasteiger charge is 2.15. The van der Waals surface area contributed by atoms with E-state index >= 15 is 0 Å². The molecule has 0 aromatic heterocycles. The molecular formula is C12H19ClN2OS. The van der Waals surface area contributed by atoms with Crippen molar-refractivity contribution < 1.29 is 4.79 Å². The first-order chi connectivity index (χ1) is 7.65. The van der Waals surface area contributed by atoms with Crippen molar-refractivity contribution in [2.75, 3.05) is 12.8 Å². The third kappa shape index (κ3) is 5.44. The summed E-state index contributed by atoms with van der Waals surface area (Å²) in [5.41, 5.74) is 6.69. The Balaban J connectivity index is 0.00000256. The highest BCUT2D eigenvalue weighted by molar-refractivity contribution is 7.99. The van der Waals surface area contributed by atoms with Gasteiger partial charge in [-0.1, -0.05) is 37.3 Å². The van der Waals surface area contributed by atoms with E-state index in [9.17, 15) is 4.79 Å². The minimum atomic E-state index is -0.574. The van der Waals surface area contributed by atoms with E-state index in [0.717, 1.165) is 5.56 Å². The summed E-state index contributed by atoms with van der Waals surface area (Å²) < 4.78 is 0. The summed E-state index contributed by atoms with van der Waals surface area (Å²) in [6.45, 7) is 2.72. The zero-order chi connectivity index (χ0) is 12.0. The molecule has 5 heteroatoms. The predicted molar refractivity (Wildman–Crippen MR) is 76.6 cm³/mol. The summed E-state index contributed by atoms with van der Waals surface area (Å²) >= 11 is 1.72. The van der Waals surface area contributed by atoms with E-state index in [1.165, 1.54) is 0 Å². The molecule has 1 amide bonds. The average Bonchev–Trinajstić information content (AvgIpc) is 2.35. The van der Waals surface area contributed by atoms with E-state index in [1.54, 1.807) is 11.8 Å². The van der Waals surface area contributed by atoms with Crippen LogP contribution in [0.25, 0.3) is 0 Å². The summed E-state index contributed by atoms with van der Waals surface area (Å²) in [7, 11) is 0. The number of nitrogens with two attached hydrogens (primary N) is 1. The number of carbonyl (C=O) groups excluding carboxylic acids is 1. The molecule has 0 aliphatic carbocycles. The van der Waals surface area contributed by atoms with Crippen molar-refractivity contribution in [2.24, 2.45) is 5.73 Å². The van der Waals surface area contributed by atoms with Gasteiger partial charge in [0, 0.05) is 11.8 Å². The first kappa shape index (κ1) is 16.3. The second-order valence-corrected chi connectivity index (χ2v) is 4.96. The van der Waals surface area contributed by atoms with E-state index < -0.39 is 6.04 Å². The molecule has 3 nitrogen and oxygen atoms in total. The largest absolute Gasteiger partial charge is 0.353 e. The Bertz CT molecular complexity index is 335. The van der Waals surface area contributed by atoms with Gasteiger partial charge in [-0.05, 0) is 11.8 Å². The van der Waals surface area contributed by atoms with Gasteiger partial charge in [0.2, 0.25) is 5.91 Å². The monoisotopic (exact) mass is 274 g/mol. The van der Waals surface area contributed by atoms with Crippen molar-refractivity contribution in [3.63, 3.8) is 0 Å². The molecule has 2 unspecified atom stereocenters. The number of hydrogen-bond donors (Lipinski definition) is 2. The van der Waals surface area contributed by atoms with Gasteiger partial charge in [0.1, 0.15) is 6.04 Å². The normalized spacial score (nSPS) is 13.4. The fourth-order valence-corrected chi connectivity index (χ4v) is 1.50. The highest BCUT2D eigenvalue weighted by Crippen LogP contribution is 2.09. The molecular weight excluding hydrogens is 256 g/mol. The summed E-state index contributed by atoms with van der Waals surface area (Å²) in [5.74, 6) is -0.118. The number of thioether (sulfide) groups is 1. The molecule has 0 aliphatic rings. The summed E-state index contributed by atoms with van der Waals surface area (Å²) in [6, 6.07) is 8.82. The van der Waals surface area contributed by atoms with E-state index in [4.69, 9.17) is 5.73 Å². The molecule has 0 fully saturated rings. The molecule has 0 spiro atoms. The van der Waals surface area contributed by atoms with Crippen molar-refractivity contribution in [1.82, 2.24) is 5.32 Å². The smallest absolute Gasteiger partial charge is 0.241 e. The molecule has 96 valence electrons. The zero-order valence-electron chi connectivity index (χ0n) is 10.1. The molecule has 0 radical (unpaired) electrons. The molecule has 0 saturated heterocycles. The maximum absolute atomic E-state index is 11.7. The fourth-order valence-electron chi connectivity index (χ4n) is 1.25. The second-order valence-electron chi connectivity index (χ2n) is 3.68. The standard InChI is InChI=1S/C12H18N2OS.ClH/c1-9(16-2)8-14-12(15)11(13)10-6-4-3-5-7-10;/h3-7,9,11H,8,13H2,1-2H3,(H,14,15);1H. The molecule has 3 N–H and O–H groups in total. The number of hydrogen-bond acceptors (Lipinski definition) is 3. The van der Waals surface area contributed by atoms with Crippen LogP contribution in [-0.2, 0) is 4.79 Å². The lowest BCUT2D eigenvalue weighted by Gasteiger charge is -2.14. The van der Waals surface area contributed by atoms with Crippen molar-refractivity contribution >= 4 is 30.1 Å². The second kappa shape index (κ2) is 8.39. The first-order valence-electron chi connectivity index (χ1n) is 5.26. The Kier molecular flexibility index (Phi) is 8.04. The topological polar surface area (TPSA) is 55.1 Å². The van der Waals surface area contributed by atoms with Crippen LogP contribution in [0, 0.1) is 0 Å². The van der Waals surface area contributed by atoms with E-state index in [-0.39, 0.29) is 18.3 Å². The minimum Gasteiger partial charge on any atom is -0.353 e. The average molecular weight is 275 g/mol. The molecule has 17 heavy (non-hydrogen) atoms. The third-order valence-electron chi connectivity index (χ3n) is 2.41. The number of rotatable bonds is 5. The Morgan fingerprint density at radius 3 is 2.53 bits per heavy atom. The van der Waals surface area contributed by atoms with Crippen molar-refractivity contribution in [1.29, 1.82) is 0 Å². The van der Waals surface area contributed by atoms with Crippen molar-refractivity contribution in [3.8, 4) is 0 Å². The summed E-state index contributed by atoms with van der Waals surface area (Å²) in [4.78, 5) is 11.7. The Labute approximate surface area is 113 Å². The Hall–Kier alpha value is -0.710. The Morgan fingerprint density at radius 1 is 1.41 bits per heavy atom. The maximum atomic E-state index is 11.7. The van der Waals surface area contributed by atoms with E-state index in [2.05, 4.69) is 12.2 Å². The van der Waals surface area contributed by atoms with Crippen LogP contribution < -0.4 is 11.1 Å². The number of carbonyl (C=O) groups is 1. The third-order valence-corrected chi connectivity index (χ3v) is 3.38. The van der Waals surface area contributed by atoms with Gasteiger partial charge in [-0.2, -0.15) is 11.8 Å². The minimum absolute atomic E-state index is 0. The molecule has 0 aliphatic heterocycles.